The molecule has 0 aliphatic rings. The lowest BCUT2D eigenvalue weighted by Gasteiger charge is -2.28. The Hall–Kier alpha value is -1.84. The number of amides is 1. The molecule has 356 valence electrons. The molecule has 4 unspecified atom stereocenters. The van der Waals surface area contributed by atoms with Gasteiger partial charge in [-0.15, -0.1) is 0 Å². The molecule has 0 aliphatic heterocycles. The lowest BCUT2D eigenvalue weighted by molar-refractivity contribution is -0.870. The molecule has 0 aromatic carbocycles. The van der Waals surface area contributed by atoms with Gasteiger partial charge in [0.05, 0.1) is 39.9 Å². The monoisotopic (exact) mass is 880 g/mol. The van der Waals surface area contributed by atoms with Crippen LogP contribution in [0.3, 0.4) is 0 Å². The third kappa shape index (κ3) is 43.2. The van der Waals surface area contributed by atoms with Crippen LogP contribution in [0.15, 0.2) is 60.8 Å². The van der Waals surface area contributed by atoms with Gasteiger partial charge in [0, 0.05) is 6.42 Å². The molecular formula is C51H96N2O7P+. The van der Waals surface area contributed by atoms with E-state index in [-0.39, 0.29) is 18.9 Å². The van der Waals surface area contributed by atoms with Crippen LogP contribution in [0.2, 0.25) is 0 Å². The minimum Gasteiger partial charge on any atom is -0.390 e. The number of rotatable bonds is 44. The third-order valence-corrected chi connectivity index (χ3v) is 11.8. The van der Waals surface area contributed by atoms with Gasteiger partial charge in [0.1, 0.15) is 19.3 Å². The quantitative estimate of drug-likeness (QED) is 0.0208. The van der Waals surface area contributed by atoms with Crippen LogP contribution in [-0.4, -0.2) is 84.6 Å². The number of hydrogen-bond donors (Lipinski definition) is 4. The predicted octanol–water partition coefficient (Wildman–Crippen LogP) is 13.2. The van der Waals surface area contributed by atoms with E-state index < -0.39 is 32.7 Å². The molecule has 0 fully saturated rings. The number of phosphoric acid groups is 1. The summed E-state index contributed by atoms with van der Waals surface area (Å²) in [6, 6.07) is -1.06. The van der Waals surface area contributed by atoms with Gasteiger partial charge in [-0.05, 0) is 89.9 Å². The van der Waals surface area contributed by atoms with E-state index in [9.17, 15) is 24.5 Å². The molecule has 61 heavy (non-hydrogen) atoms. The molecule has 4 N–H and O–H groups in total. The molecule has 1 amide bonds. The van der Waals surface area contributed by atoms with Gasteiger partial charge in [-0.25, -0.2) is 4.57 Å². The molecule has 0 aromatic rings. The summed E-state index contributed by atoms with van der Waals surface area (Å²) < 4.78 is 23.5. The van der Waals surface area contributed by atoms with Gasteiger partial charge in [-0.2, -0.15) is 0 Å². The van der Waals surface area contributed by atoms with Crippen LogP contribution in [0.5, 0.6) is 0 Å². The number of phosphoric ester groups is 1. The molecule has 10 heteroatoms. The molecular weight excluding hydrogens is 784 g/mol. The van der Waals surface area contributed by atoms with Gasteiger partial charge in [0.25, 0.3) is 0 Å². The summed E-state index contributed by atoms with van der Waals surface area (Å²) in [5.41, 5.74) is 0. The predicted molar refractivity (Wildman–Crippen MR) is 260 cm³/mol. The van der Waals surface area contributed by atoms with Gasteiger partial charge in [-0.3, -0.25) is 13.8 Å². The molecule has 0 aliphatic carbocycles. The lowest BCUT2D eigenvalue weighted by atomic mass is 10.0. The number of quaternary nitrogens is 1. The van der Waals surface area contributed by atoms with Crippen molar-refractivity contribution in [1.82, 2.24) is 5.32 Å². The molecule has 0 spiro atoms. The number of aliphatic hydroxyl groups is 2. The van der Waals surface area contributed by atoms with Crippen molar-refractivity contribution < 1.29 is 38.0 Å². The Bertz CT molecular complexity index is 1200. The normalized spacial score (nSPS) is 15.2. The van der Waals surface area contributed by atoms with E-state index >= 15 is 0 Å². The fourth-order valence-corrected chi connectivity index (χ4v) is 7.55. The number of nitrogens with zero attached hydrogens (tertiary/aromatic N) is 1. The third-order valence-electron chi connectivity index (χ3n) is 10.8. The number of likely N-dealkylation sites (N-methyl/N-ethyl adjacent to an activating group) is 1. The van der Waals surface area contributed by atoms with Crippen LogP contribution >= 0.6 is 7.82 Å². The summed E-state index contributed by atoms with van der Waals surface area (Å²) in [5, 5.41) is 24.7. The number of allylic oxidation sites excluding steroid dienone is 10. The highest BCUT2D eigenvalue weighted by molar-refractivity contribution is 7.47. The Kier molecular flexibility index (Phi) is 40.9. The maximum Gasteiger partial charge on any atom is 0.472 e. The first kappa shape index (κ1) is 59.2. The van der Waals surface area contributed by atoms with E-state index in [2.05, 4.69) is 79.9 Å². The second-order valence-electron chi connectivity index (χ2n) is 18.0. The van der Waals surface area contributed by atoms with Crippen molar-refractivity contribution >= 4 is 13.7 Å². The van der Waals surface area contributed by atoms with Crippen LogP contribution in [-0.2, 0) is 18.4 Å². The Morgan fingerprint density at radius 2 is 0.984 bits per heavy atom. The number of hydrogen-bond acceptors (Lipinski definition) is 6. The van der Waals surface area contributed by atoms with Crippen LogP contribution in [0.25, 0.3) is 0 Å². The molecule has 0 radical (unpaired) electrons. The standard InChI is InChI=1S/C51H95N2O7P/c1-6-8-10-12-14-16-18-20-21-22-23-24-25-26-27-28-29-30-31-32-34-36-38-40-42-44-50(55)52-48(47-60-61(57,58)59-46-45-53(3,4)5)51(56)49(54)43-41-39-37-35-33-19-17-15-13-11-9-7-2/h15,17-18,20,22-23,25-26,35,37,48-49,51,54,56H,6-14,16,19,21,24,27-34,36,38-47H2,1-5H3,(H-,52,55,57,58)/p+1/b17-15+,20-18-,23-22-,26-25-,37-35+. The van der Waals surface area contributed by atoms with Crippen molar-refractivity contribution in [3.05, 3.63) is 60.8 Å². The van der Waals surface area contributed by atoms with Crippen molar-refractivity contribution in [1.29, 1.82) is 0 Å². The maximum absolute atomic E-state index is 12.9. The maximum atomic E-state index is 12.9. The van der Waals surface area contributed by atoms with Crippen LogP contribution in [0.4, 0.5) is 0 Å². The average molecular weight is 880 g/mol. The highest BCUT2D eigenvalue weighted by atomic mass is 31.2. The zero-order chi connectivity index (χ0) is 45.1. The van der Waals surface area contributed by atoms with Crippen LogP contribution in [0, 0.1) is 0 Å². The molecule has 4 atom stereocenters. The first-order valence-electron chi connectivity index (χ1n) is 24.7. The van der Waals surface area contributed by atoms with Crippen LogP contribution < -0.4 is 5.32 Å². The van der Waals surface area contributed by atoms with Gasteiger partial charge >= 0.3 is 7.82 Å². The topological polar surface area (TPSA) is 125 Å². The first-order chi connectivity index (χ1) is 29.4. The molecule has 0 aromatic heterocycles. The van der Waals surface area contributed by atoms with Crippen molar-refractivity contribution in [2.45, 2.75) is 218 Å². The minimum absolute atomic E-state index is 0.0106. The van der Waals surface area contributed by atoms with Crippen molar-refractivity contribution in [3.8, 4) is 0 Å². The summed E-state index contributed by atoms with van der Waals surface area (Å²) >= 11 is 0. The number of unbranched alkanes of at least 4 members (excludes halogenated alkanes) is 20. The number of nitrogens with one attached hydrogen (secondary N) is 1. The van der Waals surface area contributed by atoms with Crippen molar-refractivity contribution in [2.75, 3.05) is 40.9 Å². The summed E-state index contributed by atoms with van der Waals surface area (Å²) in [6.07, 6.45) is 51.5. The molecule has 0 saturated carbocycles. The minimum atomic E-state index is -4.43. The second-order valence-corrected chi connectivity index (χ2v) is 19.4. The molecule has 0 saturated heterocycles. The Balaban J connectivity index is 4.37. The SMILES string of the molecule is CCCCC/C=C/CC/C=C/CCCC(O)C(O)C(COP(=O)(O)OCC[N+](C)(C)C)NC(=O)CCCCCCCCCCCC/C=C\C/C=C\C/C=C\CCCCCCC. The summed E-state index contributed by atoms with van der Waals surface area (Å²) in [5.74, 6) is -0.279. The van der Waals surface area contributed by atoms with E-state index in [0.29, 0.717) is 30.3 Å². The van der Waals surface area contributed by atoms with Gasteiger partial charge < -0.3 is 24.9 Å². The van der Waals surface area contributed by atoms with E-state index in [0.717, 1.165) is 64.2 Å². The lowest BCUT2D eigenvalue weighted by Crippen LogP contribution is -2.51. The summed E-state index contributed by atoms with van der Waals surface area (Å²) in [4.78, 5) is 23.2. The first-order valence-corrected chi connectivity index (χ1v) is 26.2. The van der Waals surface area contributed by atoms with Crippen molar-refractivity contribution in [2.24, 2.45) is 0 Å². The molecule has 0 bridgehead atoms. The zero-order valence-corrected chi connectivity index (χ0v) is 40.9. The number of carbonyl (C=O) groups is 1. The Morgan fingerprint density at radius 3 is 1.51 bits per heavy atom. The fraction of sp³-hybridized carbons (Fsp3) is 0.784. The van der Waals surface area contributed by atoms with E-state index in [1.54, 1.807) is 0 Å². The zero-order valence-electron chi connectivity index (χ0n) is 40.0. The highest BCUT2D eigenvalue weighted by Gasteiger charge is 2.31. The van der Waals surface area contributed by atoms with E-state index in [1.165, 1.54) is 96.3 Å². The van der Waals surface area contributed by atoms with E-state index in [1.807, 2.05) is 21.1 Å². The van der Waals surface area contributed by atoms with Crippen LogP contribution in [0.1, 0.15) is 200 Å². The fourth-order valence-electron chi connectivity index (χ4n) is 6.81. The van der Waals surface area contributed by atoms with Gasteiger partial charge in [0.2, 0.25) is 5.91 Å². The summed E-state index contributed by atoms with van der Waals surface area (Å²) in [6.45, 7) is 4.52. The van der Waals surface area contributed by atoms with Crippen molar-refractivity contribution in [3.63, 3.8) is 0 Å². The molecule has 9 nitrogen and oxygen atoms in total. The largest absolute Gasteiger partial charge is 0.472 e. The highest BCUT2D eigenvalue weighted by Crippen LogP contribution is 2.43. The second kappa shape index (κ2) is 42.1. The van der Waals surface area contributed by atoms with E-state index in [4.69, 9.17) is 9.05 Å². The number of aliphatic hydroxyl groups excluding tert-OH is 2. The Labute approximate surface area is 375 Å². The summed E-state index contributed by atoms with van der Waals surface area (Å²) in [7, 11) is 1.40. The van der Waals surface area contributed by atoms with Gasteiger partial charge in [-0.1, -0.05) is 164 Å². The molecule has 0 heterocycles. The number of carbonyl (C=O) groups excluding carboxylic acids is 1. The Morgan fingerprint density at radius 1 is 0.574 bits per heavy atom. The van der Waals surface area contributed by atoms with Gasteiger partial charge in [0.15, 0.2) is 0 Å². The molecule has 0 rings (SSSR count). The smallest absolute Gasteiger partial charge is 0.390 e. The average Bonchev–Trinajstić information content (AvgIpc) is 3.21.